The molecule has 2 N–H and O–H groups in total. The Morgan fingerprint density at radius 1 is 1.55 bits per heavy atom. The first-order chi connectivity index (χ1) is 9.51. The molecule has 0 saturated carbocycles. The van der Waals surface area contributed by atoms with Gasteiger partial charge in [-0.15, -0.1) is 0 Å². The highest BCUT2D eigenvalue weighted by atomic mass is 19.1. The van der Waals surface area contributed by atoms with E-state index >= 15 is 0 Å². The second kappa shape index (κ2) is 6.15. The summed E-state index contributed by atoms with van der Waals surface area (Å²) in [5, 5.41) is 11.4. The quantitative estimate of drug-likeness (QED) is 0.867. The van der Waals surface area contributed by atoms with E-state index in [-0.39, 0.29) is 24.9 Å². The number of urea groups is 1. The van der Waals surface area contributed by atoms with Gasteiger partial charge >= 0.3 is 6.03 Å². The highest BCUT2D eigenvalue weighted by Gasteiger charge is 2.29. The number of halogens is 2. The molecule has 1 aliphatic heterocycles. The highest BCUT2D eigenvalue weighted by Crippen LogP contribution is 2.18. The summed E-state index contributed by atoms with van der Waals surface area (Å²) in [5.41, 5.74) is -0.0874. The standard InChI is InChI=1S/C13H16F2N2O3/c1-8-7-20-10(6-18)5-17(8)13(19)16-12-3-2-9(14)4-11(12)15/h2-4,8,10,18H,5-7H2,1H3,(H,16,19)/t8-,10-/m0/s1. The summed E-state index contributed by atoms with van der Waals surface area (Å²) < 4.78 is 31.6. The van der Waals surface area contributed by atoms with Gasteiger partial charge in [0.05, 0.1) is 37.6 Å². The Balaban J connectivity index is 2.06. The normalized spacial score (nSPS) is 22.7. The first-order valence-electron chi connectivity index (χ1n) is 6.26. The Morgan fingerprint density at radius 3 is 2.95 bits per heavy atom. The van der Waals surface area contributed by atoms with Gasteiger partial charge in [0.15, 0.2) is 0 Å². The third-order valence-electron chi connectivity index (χ3n) is 3.14. The summed E-state index contributed by atoms with van der Waals surface area (Å²) in [6.45, 7) is 2.10. The van der Waals surface area contributed by atoms with E-state index in [0.29, 0.717) is 12.7 Å². The smallest absolute Gasteiger partial charge is 0.322 e. The number of ether oxygens (including phenoxy) is 1. The molecule has 1 aromatic carbocycles. The summed E-state index contributed by atoms with van der Waals surface area (Å²) in [5.74, 6) is -1.54. The maximum atomic E-state index is 13.5. The van der Waals surface area contributed by atoms with Crippen LogP contribution in [0.15, 0.2) is 18.2 Å². The fourth-order valence-electron chi connectivity index (χ4n) is 1.99. The van der Waals surface area contributed by atoms with Crippen LogP contribution in [0, 0.1) is 11.6 Å². The van der Waals surface area contributed by atoms with Gasteiger partial charge in [-0.1, -0.05) is 0 Å². The van der Waals surface area contributed by atoms with Crippen LogP contribution >= 0.6 is 0 Å². The largest absolute Gasteiger partial charge is 0.394 e. The average Bonchev–Trinajstić information content (AvgIpc) is 2.42. The van der Waals surface area contributed by atoms with E-state index in [2.05, 4.69) is 5.32 Å². The monoisotopic (exact) mass is 286 g/mol. The third-order valence-corrected chi connectivity index (χ3v) is 3.14. The first-order valence-corrected chi connectivity index (χ1v) is 6.26. The van der Waals surface area contributed by atoms with Crippen molar-refractivity contribution in [2.24, 2.45) is 0 Å². The summed E-state index contributed by atoms with van der Waals surface area (Å²) in [4.78, 5) is 13.5. The fourth-order valence-corrected chi connectivity index (χ4v) is 1.99. The van der Waals surface area contributed by atoms with E-state index in [1.807, 2.05) is 0 Å². The average molecular weight is 286 g/mol. The third kappa shape index (κ3) is 3.23. The maximum Gasteiger partial charge on any atom is 0.322 e. The zero-order chi connectivity index (χ0) is 14.7. The number of nitrogens with one attached hydrogen (secondary N) is 1. The molecule has 0 spiro atoms. The topological polar surface area (TPSA) is 61.8 Å². The van der Waals surface area contributed by atoms with Crippen LogP contribution in [0.3, 0.4) is 0 Å². The molecule has 20 heavy (non-hydrogen) atoms. The number of anilines is 1. The number of carbonyl (C=O) groups is 1. The van der Waals surface area contributed by atoms with E-state index in [1.165, 1.54) is 4.90 Å². The van der Waals surface area contributed by atoms with Crippen LogP contribution in [0.5, 0.6) is 0 Å². The number of morpholine rings is 1. The van der Waals surface area contributed by atoms with Crippen LogP contribution in [0.4, 0.5) is 19.3 Å². The minimum Gasteiger partial charge on any atom is -0.394 e. The molecule has 2 amide bonds. The van der Waals surface area contributed by atoms with Crippen molar-refractivity contribution in [3.05, 3.63) is 29.8 Å². The Labute approximate surface area is 115 Å². The van der Waals surface area contributed by atoms with Crippen LogP contribution < -0.4 is 5.32 Å². The summed E-state index contributed by atoms with van der Waals surface area (Å²) in [7, 11) is 0. The number of rotatable bonds is 2. The highest BCUT2D eigenvalue weighted by molar-refractivity contribution is 5.89. The molecule has 2 rings (SSSR count). The Hall–Kier alpha value is -1.73. The second-order valence-electron chi connectivity index (χ2n) is 4.69. The molecule has 1 aromatic rings. The molecule has 2 atom stereocenters. The Bertz CT molecular complexity index is 499. The predicted molar refractivity (Wildman–Crippen MR) is 68.4 cm³/mol. The van der Waals surface area contributed by atoms with E-state index in [9.17, 15) is 13.6 Å². The predicted octanol–water partition coefficient (Wildman–Crippen LogP) is 1.58. The van der Waals surface area contributed by atoms with E-state index in [1.54, 1.807) is 6.92 Å². The summed E-state index contributed by atoms with van der Waals surface area (Å²) in [6, 6.07) is 2.23. The number of aliphatic hydroxyl groups excluding tert-OH is 1. The lowest BCUT2D eigenvalue weighted by Crippen LogP contribution is -2.53. The maximum absolute atomic E-state index is 13.5. The van der Waals surface area contributed by atoms with Crippen molar-refractivity contribution in [2.45, 2.75) is 19.1 Å². The molecular formula is C13H16F2N2O3. The van der Waals surface area contributed by atoms with Gasteiger partial charge in [0.25, 0.3) is 0 Å². The molecule has 0 aromatic heterocycles. The van der Waals surface area contributed by atoms with Crippen LogP contribution in [0.25, 0.3) is 0 Å². The molecule has 1 saturated heterocycles. The van der Waals surface area contributed by atoms with Gasteiger partial charge in [-0.2, -0.15) is 0 Å². The Kier molecular flexibility index (Phi) is 4.51. The fraction of sp³-hybridized carbons (Fsp3) is 0.462. The van der Waals surface area contributed by atoms with Crippen molar-refractivity contribution in [3.63, 3.8) is 0 Å². The van der Waals surface area contributed by atoms with Gasteiger partial charge in [-0.3, -0.25) is 0 Å². The van der Waals surface area contributed by atoms with Crippen LogP contribution in [0.2, 0.25) is 0 Å². The zero-order valence-corrected chi connectivity index (χ0v) is 11.0. The Morgan fingerprint density at radius 2 is 2.30 bits per heavy atom. The van der Waals surface area contributed by atoms with Crippen molar-refractivity contribution in [2.75, 3.05) is 25.1 Å². The number of aliphatic hydroxyl groups is 1. The molecule has 0 unspecified atom stereocenters. The molecular weight excluding hydrogens is 270 g/mol. The lowest BCUT2D eigenvalue weighted by molar-refractivity contribution is -0.0612. The minimum absolute atomic E-state index is 0.0874. The van der Waals surface area contributed by atoms with Gasteiger partial charge in [0, 0.05) is 6.07 Å². The van der Waals surface area contributed by atoms with Crippen molar-refractivity contribution in [1.29, 1.82) is 0 Å². The van der Waals surface area contributed by atoms with E-state index in [4.69, 9.17) is 9.84 Å². The molecule has 5 nitrogen and oxygen atoms in total. The van der Waals surface area contributed by atoms with Gasteiger partial charge in [0.2, 0.25) is 0 Å². The lowest BCUT2D eigenvalue weighted by atomic mass is 10.2. The number of hydrogen-bond donors (Lipinski definition) is 2. The second-order valence-corrected chi connectivity index (χ2v) is 4.69. The molecule has 1 aliphatic rings. The number of carbonyl (C=O) groups excluding carboxylic acids is 1. The van der Waals surface area contributed by atoms with Gasteiger partial charge in [-0.05, 0) is 19.1 Å². The number of amides is 2. The molecule has 7 heteroatoms. The van der Waals surface area contributed by atoms with Crippen LogP contribution in [-0.4, -0.2) is 47.9 Å². The van der Waals surface area contributed by atoms with E-state index < -0.39 is 23.8 Å². The molecule has 0 bridgehead atoms. The van der Waals surface area contributed by atoms with Crippen molar-refractivity contribution < 1.29 is 23.4 Å². The minimum atomic E-state index is -0.835. The van der Waals surface area contributed by atoms with Crippen LogP contribution in [-0.2, 0) is 4.74 Å². The lowest BCUT2D eigenvalue weighted by Gasteiger charge is -2.37. The van der Waals surface area contributed by atoms with Crippen molar-refractivity contribution in [1.82, 2.24) is 4.90 Å². The van der Waals surface area contributed by atoms with Crippen molar-refractivity contribution >= 4 is 11.7 Å². The number of nitrogens with zero attached hydrogens (tertiary/aromatic N) is 1. The zero-order valence-electron chi connectivity index (χ0n) is 11.0. The van der Waals surface area contributed by atoms with Gasteiger partial charge in [0.1, 0.15) is 11.6 Å². The molecule has 1 fully saturated rings. The molecule has 0 radical (unpaired) electrons. The van der Waals surface area contributed by atoms with Gasteiger partial charge in [-0.25, -0.2) is 13.6 Å². The summed E-state index contributed by atoms with van der Waals surface area (Å²) in [6.07, 6.45) is -0.449. The molecule has 1 heterocycles. The molecule has 0 aliphatic carbocycles. The van der Waals surface area contributed by atoms with E-state index in [0.717, 1.165) is 12.1 Å². The molecule has 110 valence electrons. The first kappa shape index (κ1) is 14.7. The number of hydrogen-bond acceptors (Lipinski definition) is 3. The summed E-state index contributed by atoms with van der Waals surface area (Å²) >= 11 is 0. The van der Waals surface area contributed by atoms with Crippen LogP contribution in [0.1, 0.15) is 6.92 Å². The van der Waals surface area contributed by atoms with Crippen molar-refractivity contribution in [3.8, 4) is 0 Å². The van der Waals surface area contributed by atoms with Gasteiger partial charge < -0.3 is 20.1 Å². The SMILES string of the molecule is C[C@H]1CO[C@H](CO)CN1C(=O)Nc1ccc(F)cc1F. The number of benzene rings is 1.